The maximum absolute atomic E-state index is 8.32. The van der Waals surface area contributed by atoms with Crippen LogP contribution in [-0.4, -0.2) is 21.3 Å². The van der Waals surface area contributed by atoms with Gasteiger partial charge in [-0.25, -0.2) is 4.99 Å². The van der Waals surface area contributed by atoms with Gasteiger partial charge >= 0.3 is 0 Å². The number of aryl methyl sites for hydroxylation is 1. The van der Waals surface area contributed by atoms with Gasteiger partial charge in [0.25, 0.3) is 0 Å². The third-order valence-electron chi connectivity index (χ3n) is 2.12. The van der Waals surface area contributed by atoms with E-state index in [1.807, 2.05) is 18.6 Å². The summed E-state index contributed by atoms with van der Waals surface area (Å²) >= 11 is 0. The summed E-state index contributed by atoms with van der Waals surface area (Å²) in [5.41, 5.74) is 2.97. The summed E-state index contributed by atoms with van der Waals surface area (Å²) in [6.45, 7) is 0. The second-order valence-corrected chi connectivity index (χ2v) is 3.21. The lowest BCUT2D eigenvalue weighted by molar-refractivity contribution is 0.240. The molecule has 0 bridgehead atoms. The van der Waals surface area contributed by atoms with Crippen molar-refractivity contribution >= 4 is 12.2 Å². The fourth-order valence-corrected chi connectivity index (χ4v) is 1.27. The highest BCUT2D eigenvalue weighted by Crippen LogP contribution is 2.40. The van der Waals surface area contributed by atoms with Gasteiger partial charge in [0.15, 0.2) is 5.82 Å². The highest BCUT2D eigenvalue weighted by atomic mass is 16.5. The van der Waals surface area contributed by atoms with Crippen LogP contribution in [0.1, 0.15) is 24.5 Å². The lowest BCUT2D eigenvalue weighted by atomic mass is 10.3. The van der Waals surface area contributed by atoms with E-state index in [-0.39, 0.29) is 0 Å². The molecule has 1 aromatic rings. The van der Waals surface area contributed by atoms with Crippen LogP contribution in [-0.2, 0) is 7.05 Å². The topological polar surface area (TPSA) is 62.4 Å². The van der Waals surface area contributed by atoms with E-state index in [0.717, 1.165) is 11.5 Å². The Morgan fingerprint density at radius 2 is 2.54 bits per heavy atom. The average molecular weight is 180 g/mol. The minimum atomic E-state index is 0.636. The highest BCUT2D eigenvalue weighted by Gasteiger charge is 2.26. The number of hydroxylamine groups is 1. The third kappa shape index (κ3) is 1.70. The van der Waals surface area contributed by atoms with Gasteiger partial charge in [-0.05, 0) is 12.8 Å². The molecule has 2 rings (SSSR count). The molecule has 1 aliphatic carbocycles. The molecule has 13 heavy (non-hydrogen) atoms. The van der Waals surface area contributed by atoms with Gasteiger partial charge in [-0.15, -0.1) is 0 Å². The minimum Gasteiger partial charge on any atom is -0.290 e. The van der Waals surface area contributed by atoms with E-state index in [1.54, 1.807) is 4.68 Å². The first-order valence-electron chi connectivity index (χ1n) is 4.27. The molecule has 0 spiro atoms. The molecule has 0 aliphatic heterocycles. The second kappa shape index (κ2) is 3.18. The maximum Gasteiger partial charge on any atom is 0.152 e. The molecule has 1 aromatic heterocycles. The maximum atomic E-state index is 8.32. The first kappa shape index (κ1) is 8.25. The van der Waals surface area contributed by atoms with E-state index in [1.165, 1.54) is 19.2 Å². The van der Waals surface area contributed by atoms with Gasteiger partial charge in [0.1, 0.15) is 6.34 Å². The molecule has 0 saturated heterocycles. The predicted octanol–water partition coefficient (Wildman–Crippen LogP) is 0.936. The van der Waals surface area contributed by atoms with Crippen LogP contribution in [0.15, 0.2) is 11.1 Å². The first-order valence-corrected chi connectivity index (χ1v) is 4.27. The van der Waals surface area contributed by atoms with Gasteiger partial charge in [-0.2, -0.15) is 5.10 Å². The van der Waals surface area contributed by atoms with Crippen LogP contribution in [0.2, 0.25) is 0 Å². The number of aromatic nitrogens is 2. The summed E-state index contributed by atoms with van der Waals surface area (Å²) in [6, 6.07) is 1.95. The molecule has 1 heterocycles. The van der Waals surface area contributed by atoms with Crippen molar-refractivity contribution in [2.45, 2.75) is 18.8 Å². The quantitative estimate of drug-likeness (QED) is 0.413. The van der Waals surface area contributed by atoms with Crippen LogP contribution in [0.5, 0.6) is 0 Å². The Balaban J connectivity index is 2.19. The van der Waals surface area contributed by atoms with E-state index < -0.39 is 0 Å². The molecule has 5 heteroatoms. The highest BCUT2D eigenvalue weighted by molar-refractivity contribution is 5.58. The van der Waals surface area contributed by atoms with Crippen LogP contribution in [0.4, 0.5) is 5.82 Å². The van der Waals surface area contributed by atoms with Crippen LogP contribution >= 0.6 is 0 Å². The Kier molecular flexibility index (Phi) is 2.02. The summed E-state index contributed by atoms with van der Waals surface area (Å²) in [7, 11) is 1.84. The second-order valence-electron chi connectivity index (χ2n) is 3.21. The molecule has 1 aliphatic rings. The molecular weight excluding hydrogens is 168 g/mol. The van der Waals surface area contributed by atoms with E-state index in [2.05, 4.69) is 10.1 Å². The van der Waals surface area contributed by atoms with E-state index in [9.17, 15) is 0 Å². The summed E-state index contributed by atoms with van der Waals surface area (Å²) in [6.07, 6.45) is 3.70. The lowest BCUT2D eigenvalue weighted by Gasteiger charge is -1.91. The Bertz CT molecular complexity index is 327. The van der Waals surface area contributed by atoms with Crippen molar-refractivity contribution in [3.05, 3.63) is 11.8 Å². The predicted molar refractivity (Wildman–Crippen MR) is 48.3 cm³/mol. The number of aliphatic imine (C=N–C) groups is 1. The minimum absolute atomic E-state index is 0.636. The van der Waals surface area contributed by atoms with Gasteiger partial charge in [0.2, 0.25) is 0 Å². The number of rotatable bonds is 3. The molecule has 0 atom stereocenters. The zero-order chi connectivity index (χ0) is 9.26. The lowest BCUT2D eigenvalue weighted by Crippen LogP contribution is -2.01. The fraction of sp³-hybridized carbons (Fsp3) is 0.500. The zero-order valence-electron chi connectivity index (χ0n) is 7.44. The van der Waals surface area contributed by atoms with Crippen LogP contribution < -0.4 is 5.48 Å². The van der Waals surface area contributed by atoms with Crippen molar-refractivity contribution in [2.75, 3.05) is 0 Å². The average Bonchev–Trinajstić information content (AvgIpc) is 2.89. The summed E-state index contributed by atoms with van der Waals surface area (Å²) in [5, 5.41) is 12.6. The van der Waals surface area contributed by atoms with Crippen molar-refractivity contribution in [1.82, 2.24) is 15.3 Å². The number of nitrogens with zero attached hydrogens (tertiary/aromatic N) is 3. The molecule has 5 nitrogen and oxygen atoms in total. The fourth-order valence-electron chi connectivity index (χ4n) is 1.27. The van der Waals surface area contributed by atoms with Crippen LogP contribution in [0.3, 0.4) is 0 Å². The Hall–Kier alpha value is -1.36. The summed E-state index contributed by atoms with van der Waals surface area (Å²) in [4.78, 5) is 3.97. The summed E-state index contributed by atoms with van der Waals surface area (Å²) in [5.74, 6) is 1.39. The Morgan fingerprint density at radius 1 is 1.77 bits per heavy atom. The van der Waals surface area contributed by atoms with Crippen LogP contribution in [0.25, 0.3) is 0 Å². The van der Waals surface area contributed by atoms with Gasteiger partial charge in [-0.3, -0.25) is 15.4 Å². The van der Waals surface area contributed by atoms with Gasteiger partial charge in [0.05, 0.1) is 5.69 Å². The number of nitrogens with one attached hydrogen (secondary N) is 1. The van der Waals surface area contributed by atoms with Crippen LogP contribution in [0, 0.1) is 0 Å². The molecule has 0 aromatic carbocycles. The Morgan fingerprint density at radius 3 is 3.15 bits per heavy atom. The third-order valence-corrected chi connectivity index (χ3v) is 2.12. The smallest absolute Gasteiger partial charge is 0.152 e. The summed E-state index contributed by atoms with van der Waals surface area (Å²) < 4.78 is 1.71. The van der Waals surface area contributed by atoms with Crippen molar-refractivity contribution in [3.63, 3.8) is 0 Å². The molecular formula is C8H12N4O. The molecule has 1 saturated carbocycles. The van der Waals surface area contributed by atoms with Gasteiger partial charge in [-0.1, -0.05) is 0 Å². The number of hydrogen-bond donors (Lipinski definition) is 2. The normalized spacial score (nSPS) is 16.8. The van der Waals surface area contributed by atoms with E-state index >= 15 is 0 Å². The van der Waals surface area contributed by atoms with Crippen molar-refractivity contribution < 1.29 is 5.21 Å². The first-order chi connectivity index (χ1) is 6.31. The largest absolute Gasteiger partial charge is 0.290 e. The van der Waals surface area contributed by atoms with Gasteiger partial charge in [0, 0.05) is 19.0 Å². The van der Waals surface area contributed by atoms with Crippen molar-refractivity contribution in [3.8, 4) is 0 Å². The Labute approximate surface area is 76.1 Å². The molecule has 0 unspecified atom stereocenters. The molecule has 70 valence electrons. The standard InChI is InChI=1S/C8H12N4O/c1-12-8(9-5-10-13)4-7(11-12)6-2-3-6/h4-6,13H,2-3H2,1H3,(H,9,10). The van der Waals surface area contributed by atoms with E-state index in [4.69, 9.17) is 5.21 Å². The molecule has 0 radical (unpaired) electrons. The van der Waals surface area contributed by atoms with Crippen molar-refractivity contribution in [1.29, 1.82) is 0 Å². The molecule has 0 amide bonds. The molecule has 2 N–H and O–H groups in total. The monoisotopic (exact) mass is 180 g/mol. The zero-order valence-corrected chi connectivity index (χ0v) is 7.44. The SMILES string of the molecule is Cn1nc(C2CC2)cc1/N=C/NO. The van der Waals surface area contributed by atoms with Crippen molar-refractivity contribution in [2.24, 2.45) is 12.0 Å². The molecule has 1 fully saturated rings. The van der Waals surface area contributed by atoms with Gasteiger partial charge < -0.3 is 0 Å². The van der Waals surface area contributed by atoms with E-state index in [0.29, 0.717) is 5.92 Å². The number of hydrogen-bond acceptors (Lipinski definition) is 3.